The maximum Gasteiger partial charge on any atom is 0.247 e. The largest absolute Gasteiger partial charge is 0.247 e. The minimum Gasteiger partial charge on any atom is -0.223 e. The summed E-state index contributed by atoms with van der Waals surface area (Å²) in [6, 6.07) is 39.3. The molecule has 0 saturated heterocycles. The number of anilines is 1. The number of benzene rings is 4. The number of halogens is 2. The predicted octanol–water partition coefficient (Wildman–Crippen LogP) is 8.69. The van der Waals surface area contributed by atoms with E-state index in [1.807, 2.05) is 41.4 Å². The molecule has 0 saturated carbocycles. The molecular formula is C31H22Br2N4. The van der Waals surface area contributed by atoms with E-state index in [0.717, 1.165) is 49.2 Å². The van der Waals surface area contributed by atoms with Crippen LogP contribution in [0.4, 0.5) is 5.95 Å². The lowest BCUT2D eigenvalue weighted by Crippen LogP contribution is -2.21. The minimum absolute atomic E-state index is 0.0105. The van der Waals surface area contributed by atoms with Crippen LogP contribution < -0.4 is 5.01 Å². The minimum atomic E-state index is -0.0105. The first kappa shape index (κ1) is 23.8. The Labute approximate surface area is 233 Å². The van der Waals surface area contributed by atoms with E-state index in [9.17, 15) is 0 Å². The van der Waals surface area contributed by atoms with Gasteiger partial charge in [0, 0.05) is 26.5 Å². The molecule has 1 unspecified atom stereocenters. The van der Waals surface area contributed by atoms with Crippen LogP contribution in [0.3, 0.4) is 0 Å². The number of hydrazone groups is 1. The summed E-state index contributed by atoms with van der Waals surface area (Å²) < 4.78 is 2.07. The Morgan fingerprint density at radius 1 is 0.595 bits per heavy atom. The Bertz CT molecular complexity index is 1550. The van der Waals surface area contributed by atoms with Gasteiger partial charge in [0.1, 0.15) is 0 Å². The van der Waals surface area contributed by atoms with Crippen molar-refractivity contribution in [3.63, 3.8) is 0 Å². The normalized spacial score (nSPS) is 15.0. The smallest absolute Gasteiger partial charge is 0.223 e. The van der Waals surface area contributed by atoms with Gasteiger partial charge in [-0.25, -0.2) is 15.0 Å². The van der Waals surface area contributed by atoms with E-state index >= 15 is 0 Å². The fourth-order valence-corrected chi connectivity index (χ4v) is 5.04. The maximum atomic E-state index is 5.10. The highest BCUT2D eigenvalue weighted by Gasteiger charge is 2.32. The average Bonchev–Trinajstić information content (AvgIpc) is 3.40. The van der Waals surface area contributed by atoms with Gasteiger partial charge < -0.3 is 0 Å². The molecule has 0 fully saturated rings. The summed E-state index contributed by atoms with van der Waals surface area (Å²) in [7, 11) is 0. The van der Waals surface area contributed by atoms with Gasteiger partial charge in [-0.3, -0.25) is 0 Å². The van der Waals surface area contributed by atoms with E-state index in [4.69, 9.17) is 15.1 Å². The van der Waals surface area contributed by atoms with Crippen molar-refractivity contribution in [3.05, 3.63) is 135 Å². The van der Waals surface area contributed by atoms with Crippen molar-refractivity contribution in [2.75, 3.05) is 5.01 Å². The third kappa shape index (κ3) is 5.13. The predicted molar refractivity (Wildman–Crippen MR) is 158 cm³/mol. The zero-order valence-corrected chi connectivity index (χ0v) is 23.0. The van der Waals surface area contributed by atoms with Crippen LogP contribution in [-0.4, -0.2) is 15.7 Å². The first-order valence-electron chi connectivity index (χ1n) is 12.0. The first-order chi connectivity index (χ1) is 18.1. The summed E-state index contributed by atoms with van der Waals surface area (Å²) in [5.41, 5.74) is 7.07. The van der Waals surface area contributed by atoms with Crippen LogP contribution in [0.25, 0.3) is 22.5 Å². The van der Waals surface area contributed by atoms with E-state index in [2.05, 4.69) is 111 Å². The van der Waals surface area contributed by atoms with Crippen molar-refractivity contribution in [1.29, 1.82) is 0 Å². The summed E-state index contributed by atoms with van der Waals surface area (Å²) in [6.07, 6.45) is 0.762. The summed E-state index contributed by atoms with van der Waals surface area (Å²) in [6.45, 7) is 0. The summed E-state index contributed by atoms with van der Waals surface area (Å²) in [5, 5.41) is 7.09. The zero-order valence-electron chi connectivity index (χ0n) is 19.8. The van der Waals surface area contributed by atoms with Crippen molar-refractivity contribution in [3.8, 4) is 22.5 Å². The molecule has 37 heavy (non-hydrogen) atoms. The van der Waals surface area contributed by atoms with Gasteiger partial charge in [0.25, 0.3) is 0 Å². The molecule has 1 aliphatic heterocycles. The highest BCUT2D eigenvalue weighted by molar-refractivity contribution is 9.10. The SMILES string of the molecule is Brc1ccc(C2=NN(c3nc(-c4ccccc4)cc(-c4ccc(Br)cc4)n3)C(c3ccccc3)C2)cc1. The second kappa shape index (κ2) is 10.4. The maximum absolute atomic E-state index is 5.10. The molecule has 0 N–H and O–H groups in total. The Morgan fingerprint density at radius 3 is 1.70 bits per heavy atom. The van der Waals surface area contributed by atoms with E-state index in [-0.39, 0.29) is 6.04 Å². The van der Waals surface area contributed by atoms with Crippen LogP contribution in [0.5, 0.6) is 0 Å². The molecule has 0 bridgehead atoms. The highest BCUT2D eigenvalue weighted by atomic mass is 79.9. The van der Waals surface area contributed by atoms with Gasteiger partial charge in [-0.2, -0.15) is 5.10 Å². The molecule has 6 heteroatoms. The quantitative estimate of drug-likeness (QED) is 0.200. The molecule has 4 aromatic carbocycles. The van der Waals surface area contributed by atoms with E-state index in [0.29, 0.717) is 5.95 Å². The molecule has 2 heterocycles. The van der Waals surface area contributed by atoms with Crippen LogP contribution in [0, 0.1) is 0 Å². The third-order valence-electron chi connectivity index (χ3n) is 6.40. The number of nitrogens with zero attached hydrogens (tertiary/aromatic N) is 4. The monoisotopic (exact) mass is 608 g/mol. The van der Waals surface area contributed by atoms with Gasteiger partial charge in [0.15, 0.2) is 0 Å². The molecule has 0 radical (unpaired) electrons. The first-order valence-corrected chi connectivity index (χ1v) is 13.6. The van der Waals surface area contributed by atoms with Crippen LogP contribution in [0.2, 0.25) is 0 Å². The molecular weight excluding hydrogens is 588 g/mol. The zero-order chi connectivity index (χ0) is 25.2. The molecule has 0 aliphatic carbocycles. The topological polar surface area (TPSA) is 41.4 Å². The van der Waals surface area contributed by atoms with Crippen LogP contribution in [0.1, 0.15) is 23.6 Å². The van der Waals surface area contributed by atoms with Crippen molar-refractivity contribution in [1.82, 2.24) is 9.97 Å². The standard InChI is InChI=1S/C31H22Br2N4/c32-25-15-11-22(12-16-25)28-19-27(21-7-3-1-4-8-21)34-31(35-28)37-30(24-9-5-2-6-10-24)20-29(36-37)23-13-17-26(33)18-14-23/h1-19,30H,20H2. The van der Waals surface area contributed by atoms with Crippen LogP contribution in [0.15, 0.2) is 129 Å². The van der Waals surface area contributed by atoms with Crippen molar-refractivity contribution in [2.45, 2.75) is 12.5 Å². The van der Waals surface area contributed by atoms with Gasteiger partial charge in [-0.05, 0) is 41.5 Å². The molecule has 1 aliphatic rings. The summed E-state index contributed by atoms with van der Waals surface area (Å²) in [5.74, 6) is 0.584. The molecule has 0 amide bonds. The molecule has 1 aromatic heterocycles. The lowest BCUT2D eigenvalue weighted by molar-refractivity contribution is 0.687. The van der Waals surface area contributed by atoms with E-state index in [1.165, 1.54) is 5.56 Å². The lowest BCUT2D eigenvalue weighted by atomic mass is 9.98. The second-order valence-corrected chi connectivity index (χ2v) is 10.7. The number of hydrogen-bond acceptors (Lipinski definition) is 4. The molecule has 4 nitrogen and oxygen atoms in total. The van der Waals surface area contributed by atoms with Crippen LogP contribution >= 0.6 is 31.9 Å². The Hall–Kier alpha value is -3.61. The second-order valence-electron chi connectivity index (χ2n) is 8.84. The lowest BCUT2D eigenvalue weighted by Gasteiger charge is -2.23. The average molecular weight is 610 g/mol. The molecule has 1 atom stereocenters. The molecule has 0 spiro atoms. The summed E-state index contributed by atoms with van der Waals surface area (Å²) in [4.78, 5) is 10.1. The summed E-state index contributed by atoms with van der Waals surface area (Å²) >= 11 is 7.09. The van der Waals surface area contributed by atoms with Gasteiger partial charge in [0.05, 0.1) is 23.1 Å². The number of aromatic nitrogens is 2. The van der Waals surface area contributed by atoms with Crippen molar-refractivity contribution >= 4 is 43.5 Å². The number of hydrogen-bond donors (Lipinski definition) is 0. The number of rotatable bonds is 5. The van der Waals surface area contributed by atoms with Crippen LogP contribution in [-0.2, 0) is 0 Å². The Balaban J connectivity index is 1.51. The van der Waals surface area contributed by atoms with Crippen molar-refractivity contribution in [2.24, 2.45) is 5.10 Å². The van der Waals surface area contributed by atoms with Gasteiger partial charge in [0.2, 0.25) is 5.95 Å². The third-order valence-corrected chi connectivity index (χ3v) is 7.46. The highest BCUT2D eigenvalue weighted by Crippen LogP contribution is 2.37. The Morgan fingerprint density at radius 2 is 1.11 bits per heavy atom. The van der Waals surface area contributed by atoms with Gasteiger partial charge in [-0.15, -0.1) is 0 Å². The molecule has 5 aromatic rings. The Kier molecular flexibility index (Phi) is 6.68. The fourth-order valence-electron chi connectivity index (χ4n) is 4.51. The van der Waals surface area contributed by atoms with Gasteiger partial charge in [-0.1, -0.05) is 117 Å². The molecule has 180 valence electrons. The van der Waals surface area contributed by atoms with Gasteiger partial charge >= 0.3 is 0 Å². The van der Waals surface area contributed by atoms with E-state index in [1.54, 1.807) is 0 Å². The van der Waals surface area contributed by atoms with E-state index < -0.39 is 0 Å². The molecule has 6 rings (SSSR count). The van der Waals surface area contributed by atoms with Crippen molar-refractivity contribution < 1.29 is 0 Å². The fraction of sp³-hybridized carbons (Fsp3) is 0.0645.